The van der Waals surface area contributed by atoms with Gasteiger partial charge in [-0.1, -0.05) is 50.3 Å². The Hall–Kier alpha value is -5.02. The molecule has 0 aliphatic heterocycles. The van der Waals surface area contributed by atoms with Gasteiger partial charge in [0.1, 0.15) is 23.2 Å². The molecule has 1 aliphatic rings. The Balaban J connectivity index is 1.39. The number of anilines is 2. The van der Waals surface area contributed by atoms with E-state index in [1.165, 1.54) is 23.9 Å². The lowest BCUT2D eigenvalue weighted by atomic mass is 9.97. The molecule has 1 aliphatic carbocycles. The van der Waals surface area contributed by atoms with Crippen LogP contribution < -0.4 is 22.2 Å². The fourth-order valence-corrected chi connectivity index (χ4v) is 6.57. The van der Waals surface area contributed by atoms with E-state index in [4.69, 9.17) is 11.6 Å². The van der Waals surface area contributed by atoms with Gasteiger partial charge >= 0.3 is 6.18 Å². The molecular weight excluding hydrogens is 640 g/mol. The number of nitrogens with zero attached hydrogens (tertiary/aromatic N) is 7. The number of halogens is 3. The van der Waals surface area contributed by atoms with Crippen LogP contribution in [-0.2, 0) is 0 Å². The summed E-state index contributed by atoms with van der Waals surface area (Å²) < 4.78 is 44.6. The number of aromatic nitrogens is 6. The van der Waals surface area contributed by atoms with E-state index in [0.29, 0.717) is 45.2 Å². The number of hydrogen-bond donors (Lipinski definition) is 4. The summed E-state index contributed by atoms with van der Waals surface area (Å²) in [4.78, 5) is 13.7. The minimum absolute atomic E-state index is 0.0424. The molecule has 6 N–H and O–H groups in total. The van der Waals surface area contributed by atoms with E-state index in [1.54, 1.807) is 10.2 Å². The second-order valence-corrected chi connectivity index (χ2v) is 14.1. The Morgan fingerprint density at radius 2 is 1.83 bits per heavy atom. The Kier molecular flexibility index (Phi) is 7.63. The molecule has 1 fully saturated rings. The molecule has 15 heteroatoms. The summed E-state index contributed by atoms with van der Waals surface area (Å²) in [5.74, 6) is 6.70. The van der Waals surface area contributed by atoms with Gasteiger partial charge in [-0.05, 0) is 54.2 Å². The van der Waals surface area contributed by atoms with Crippen LogP contribution in [0.15, 0.2) is 78.3 Å². The number of nitrogens with two attached hydrogens (primary N) is 2. The van der Waals surface area contributed by atoms with Gasteiger partial charge in [0.05, 0.1) is 38.7 Å². The maximum atomic E-state index is 14.0. The second kappa shape index (κ2) is 11.6. The SMILES string of the molecule is CC(C)(C)CNc1ncnc2c(-n3nnc4ccccc43)cc(NC(/C(N)=C/N(N)C3(C(F)(F)F)CC3)c3cccc4ncsc34)cc12. The third-order valence-electron chi connectivity index (χ3n) is 8.46. The summed E-state index contributed by atoms with van der Waals surface area (Å²) >= 11 is 1.42. The normalized spacial score (nSPS) is 15.6. The monoisotopic (exact) mass is 673 g/mol. The standard InChI is InChI=1S/C33H34F3N11S/c1-31(2,3)16-39-30-21-13-19(14-26(28(21)40-17-41-30)47-25-10-5-4-8-23(25)44-45-47)43-27(20-7-6-9-24-29(20)48-18-42-24)22(37)15-46(38)32(11-12-32)33(34,35)36/h4-10,13-15,17-18,27,43H,11-12,16,37-38H2,1-3H3,(H,39,40,41)/b22-15-. The molecule has 1 saturated carbocycles. The second-order valence-electron chi connectivity index (χ2n) is 13.2. The molecule has 0 bridgehead atoms. The first kappa shape index (κ1) is 31.6. The minimum Gasteiger partial charge on any atom is -0.399 e. The van der Waals surface area contributed by atoms with E-state index < -0.39 is 17.8 Å². The first-order valence-electron chi connectivity index (χ1n) is 15.3. The van der Waals surface area contributed by atoms with E-state index >= 15 is 0 Å². The largest absolute Gasteiger partial charge is 0.413 e. The molecule has 7 rings (SSSR count). The third kappa shape index (κ3) is 5.72. The topological polar surface area (TPSA) is 149 Å². The van der Waals surface area contributed by atoms with Crippen molar-refractivity contribution >= 4 is 55.0 Å². The molecule has 3 aromatic heterocycles. The average molecular weight is 674 g/mol. The van der Waals surface area contributed by atoms with Crippen LogP contribution in [0.2, 0.25) is 0 Å². The maximum absolute atomic E-state index is 14.0. The van der Waals surface area contributed by atoms with Crippen molar-refractivity contribution in [2.45, 2.75) is 51.4 Å². The predicted octanol–water partition coefficient (Wildman–Crippen LogP) is 6.66. The minimum atomic E-state index is -4.51. The van der Waals surface area contributed by atoms with Crippen LogP contribution in [0.1, 0.15) is 45.2 Å². The number of rotatable bonds is 9. The lowest BCUT2D eigenvalue weighted by Gasteiger charge is -2.30. The lowest BCUT2D eigenvalue weighted by molar-refractivity contribution is -0.189. The number of benzene rings is 3. The van der Waals surface area contributed by atoms with Crippen LogP contribution in [-0.4, -0.2) is 53.2 Å². The molecule has 0 radical (unpaired) electrons. The fraction of sp³-hybridized carbons (Fsp3) is 0.303. The summed E-state index contributed by atoms with van der Waals surface area (Å²) in [5.41, 5.74) is 11.1. The maximum Gasteiger partial charge on any atom is 0.413 e. The van der Waals surface area contributed by atoms with Crippen LogP contribution in [0.4, 0.5) is 24.7 Å². The number of nitrogens with one attached hydrogen (secondary N) is 2. The van der Waals surface area contributed by atoms with Crippen molar-refractivity contribution in [3.05, 3.63) is 83.9 Å². The summed E-state index contributed by atoms with van der Waals surface area (Å²) in [6.45, 7) is 6.99. The van der Waals surface area contributed by atoms with Gasteiger partial charge in [0.15, 0.2) is 5.54 Å². The van der Waals surface area contributed by atoms with E-state index in [9.17, 15) is 13.2 Å². The Morgan fingerprint density at radius 1 is 1.06 bits per heavy atom. The molecule has 248 valence electrons. The van der Waals surface area contributed by atoms with Gasteiger partial charge in [-0.2, -0.15) is 13.2 Å². The average Bonchev–Trinajstić information content (AvgIpc) is 3.56. The number of thiazole rings is 1. The number of para-hydroxylation sites is 1. The van der Waals surface area contributed by atoms with Gasteiger partial charge in [0, 0.05) is 23.8 Å². The van der Waals surface area contributed by atoms with Crippen molar-refractivity contribution in [3.63, 3.8) is 0 Å². The molecular formula is C33H34F3N11S. The Bertz CT molecular complexity index is 2160. The molecule has 6 aromatic rings. The first-order valence-corrected chi connectivity index (χ1v) is 16.2. The number of alkyl halides is 3. The highest BCUT2D eigenvalue weighted by Crippen LogP contribution is 2.52. The van der Waals surface area contributed by atoms with Gasteiger partial charge in [0.25, 0.3) is 0 Å². The molecule has 11 nitrogen and oxygen atoms in total. The highest BCUT2D eigenvalue weighted by molar-refractivity contribution is 7.17. The van der Waals surface area contributed by atoms with Gasteiger partial charge in [-0.3, -0.25) is 0 Å². The summed E-state index contributed by atoms with van der Waals surface area (Å²) in [7, 11) is 0. The number of fused-ring (bicyclic) bond motifs is 3. The third-order valence-corrected chi connectivity index (χ3v) is 9.35. The van der Waals surface area contributed by atoms with Gasteiger partial charge < -0.3 is 21.4 Å². The van der Waals surface area contributed by atoms with Crippen molar-refractivity contribution in [1.29, 1.82) is 0 Å². The van der Waals surface area contributed by atoms with Crippen LogP contribution in [0.25, 0.3) is 37.8 Å². The smallest absolute Gasteiger partial charge is 0.399 e. The van der Waals surface area contributed by atoms with Crippen molar-refractivity contribution < 1.29 is 13.2 Å². The van der Waals surface area contributed by atoms with Gasteiger partial charge in [-0.15, -0.1) is 16.4 Å². The molecule has 0 spiro atoms. The zero-order chi connectivity index (χ0) is 33.8. The summed E-state index contributed by atoms with van der Waals surface area (Å²) in [6.07, 6.45) is -2.04. The van der Waals surface area contributed by atoms with Crippen molar-refractivity contribution in [2.75, 3.05) is 17.2 Å². The van der Waals surface area contributed by atoms with Crippen molar-refractivity contribution in [1.82, 2.24) is 35.0 Å². The Morgan fingerprint density at radius 3 is 2.58 bits per heavy atom. The van der Waals surface area contributed by atoms with E-state index in [2.05, 4.69) is 56.7 Å². The highest BCUT2D eigenvalue weighted by Gasteiger charge is 2.66. The van der Waals surface area contributed by atoms with Crippen LogP contribution in [0.5, 0.6) is 0 Å². The number of hydrazine groups is 1. The molecule has 1 unspecified atom stereocenters. The molecule has 1 atom stereocenters. The summed E-state index contributed by atoms with van der Waals surface area (Å²) in [6, 6.07) is 16.1. The predicted molar refractivity (Wildman–Crippen MR) is 182 cm³/mol. The van der Waals surface area contributed by atoms with Crippen LogP contribution in [0, 0.1) is 5.41 Å². The summed E-state index contributed by atoms with van der Waals surface area (Å²) in [5, 5.41) is 17.2. The van der Waals surface area contributed by atoms with Crippen molar-refractivity contribution in [2.24, 2.45) is 17.0 Å². The molecule has 0 saturated heterocycles. The van der Waals surface area contributed by atoms with Crippen LogP contribution in [0.3, 0.4) is 0 Å². The van der Waals surface area contributed by atoms with Crippen LogP contribution >= 0.6 is 11.3 Å². The molecule has 3 aromatic carbocycles. The zero-order valence-corrected chi connectivity index (χ0v) is 27.3. The van der Waals surface area contributed by atoms with Gasteiger partial charge in [-0.25, -0.2) is 25.5 Å². The number of hydrogen-bond acceptors (Lipinski definition) is 11. The Labute approximate surface area is 277 Å². The highest BCUT2D eigenvalue weighted by atomic mass is 32.1. The molecule has 48 heavy (non-hydrogen) atoms. The van der Waals surface area contributed by atoms with E-state index in [-0.39, 0.29) is 24.0 Å². The molecule has 0 amide bonds. The molecule has 3 heterocycles. The fourth-order valence-electron chi connectivity index (χ4n) is 5.74. The quantitative estimate of drug-likeness (QED) is 0.0970. The lowest BCUT2D eigenvalue weighted by Crippen LogP contribution is -2.49. The van der Waals surface area contributed by atoms with Crippen molar-refractivity contribution in [3.8, 4) is 5.69 Å². The van der Waals surface area contributed by atoms with E-state index in [1.807, 2.05) is 54.6 Å². The van der Waals surface area contributed by atoms with E-state index in [0.717, 1.165) is 21.3 Å². The first-order chi connectivity index (χ1) is 22.8. The van der Waals surface area contributed by atoms with Gasteiger partial charge in [0.2, 0.25) is 0 Å². The zero-order valence-electron chi connectivity index (χ0n) is 26.5.